The van der Waals surface area contributed by atoms with E-state index in [0.717, 1.165) is 12.1 Å². The zero-order valence-electron chi connectivity index (χ0n) is 13.2. The van der Waals surface area contributed by atoms with E-state index in [1.165, 1.54) is 26.0 Å². The van der Waals surface area contributed by atoms with Crippen LogP contribution in [0.25, 0.3) is 0 Å². The number of hydrogen-bond acceptors (Lipinski definition) is 4. The standard InChI is InChI=1S/C15H18F4N2O3/c1-3-12(22)21-14(15(17,18)19,13(23)24-4-2)20-9-10-5-7-11(16)8-6-10/h5-8,20H,3-4,9H2,1-2H3,(H,21,22)/t14-/m0/s1. The molecule has 0 spiro atoms. The molecule has 0 saturated heterocycles. The first-order chi connectivity index (χ1) is 11.2. The Morgan fingerprint density at radius 1 is 1.12 bits per heavy atom. The maximum Gasteiger partial charge on any atom is 0.436 e. The Balaban J connectivity index is 3.15. The number of rotatable bonds is 7. The summed E-state index contributed by atoms with van der Waals surface area (Å²) in [5.41, 5.74) is -3.09. The third kappa shape index (κ3) is 4.67. The van der Waals surface area contributed by atoms with Crippen LogP contribution in [0.1, 0.15) is 25.8 Å². The first-order valence-corrected chi connectivity index (χ1v) is 7.20. The Bertz CT molecular complexity index is 575. The number of amides is 1. The second kappa shape index (κ2) is 8.09. The Morgan fingerprint density at radius 2 is 1.71 bits per heavy atom. The molecule has 0 saturated carbocycles. The van der Waals surface area contributed by atoms with Gasteiger partial charge in [-0.25, -0.2) is 9.18 Å². The largest absolute Gasteiger partial charge is 0.463 e. The monoisotopic (exact) mass is 350 g/mol. The fraction of sp³-hybridized carbons (Fsp3) is 0.467. The molecule has 0 aliphatic carbocycles. The predicted octanol–water partition coefficient (Wildman–Crippen LogP) is 2.26. The molecule has 0 aromatic heterocycles. The number of ether oxygens (including phenoxy) is 1. The van der Waals surface area contributed by atoms with Crippen LogP contribution in [0.5, 0.6) is 0 Å². The lowest BCUT2D eigenvalue weighted by atomic mass is 10.1. The maximum absolute atomic E-state index is 13.6. The number of nitrogens with one attached hydrogen (secondary N) is 2. The van der Waals surface area contributed by atoms with Gasteiger partial charge in [0.2, 0.25) is 5.91 Å². The average molecular weight is 350 g/mol. The molecule has 0 aliphatic heterocycles. The van der Waals surface area contributed by atoms with Crippen molar-refractivity contribution in [3.8, 4) is 0 Å². The van der Waals surface area contributed by atoms with Gasteiger partial charge in [-0.05, 0) is 24.6 Å². The van der Waals surface area contributed by atoms with Crippen LogP contribution in [-0.2, 0) is 20.9 Å². The van der Waals surface area contributed by atoms with Crippen molar-refractivity contribution >= 4 is 11.9 Å². The van der Waals surface area contributed by atoms with E-state index in [0.29, 0.717) is 5.56 Å². The summed E-state index contributed by atoms with van der Waals surface area (Å²) in [5, 5.41) is 3.67. The molecule has 2 N–H and O–H groups in total. The second-order valence-corrected chi connectivity index (χ2v) is 4.85. The quantitative estimate of drug-likeness (QED) is 0.450. The van der Waals surface area contributed by atoms with Crippen LogP contribution in [0.15, 0.2) is 24.3 Å². The van der Waals surface area contributed by atoms with Gasteiger partial charge in [0.15, 0.2) is 0 Å². The summed E-state index contributed by atoms with van der Waals surface area (Å²) in [6.07, 6.45) is -5.40. The molecule has 0 bridgehead atoms. The zero-order chi connectivity index (χ0) is 18.4. The first-order valence-electron chi connectivity index (χ1n) is 7.20. The topological polar surface area (TPSA) is 67.4 Å². The van der Waals surface area contributed by atoms with Gasteiger partial charge in [-0.1, -0.05) is 19.1 Å². The molecule has 0 unspecified atom stereocenters. The highest BCUT2D eigenvalue weighted by molar-refractivity contribution is 5.88. The van der Waals surface area contributed by atoms with Gasteiger partial charge >= 0.3 is 12.1 Å². The summed E-state index contributed by atoms with van der Waals surface area (Å²) in [6, 6.07) is 4.66. The zero-order valence-corrected chi connectivity index (χ0v) is 13.2. The van der Waals surface area contributed by atoms with E-state index >= 15 is 0 Å². The summed E-state index contributed by atoms with van der Waals surface area (Å²) >= 11 is 0. The lowest BCUT2D eigenvalue weighted by molar-refractivity contribution is -0.222. The molecule has 1 amide bonds. The lowest BCUT2D eigenvalue weighted by Crippen LogP contribution is -2.72. The van der Waals surface area contributed by atoms with Crippen LogP contribution < -0.4 is 10.6 Å². The van der Waals surface area contributed by atoms with Crippen molar-refractivity contribution in [2.45, 2.75) is 38.7 Å². The number of halogens is 4. The second-order valence-electron chi connectivity index (χ2n) is 4.85. The minimum absolute atomic E-state index is 0.255. The van der Waals surface area contributed by atoms with Crippen molar-refractivity contribution in [3.05, 3.63) is 35.6 Å². The van der Waals surface area contributed by atoms with E-state index < -0.39 is 36.1 Å². The van der Waals surface area contributed by atoms with Crippen LogP contribution >= 0.6 is 0 Å². The van der Waals surface area contributed by atoms with Gasteiger partial charge in [0.1, 0.15) is 5.82 Å². The lowest BCUT2D eigenvalue weighted by Gasteiger charge is -2.34. The SMILES string of the molecule is CCOC(=O)[C@](NCc1ccc(F)cc1)(NC(=O)CC)C(F)(F)F. The molecule has 134 valence electrons. The fourth-order valence-electron chi connectivity index (χ4n) is 1.83. The summed E-state index contributed by atoms with van der Waals surface area (Å²) in [5.74, 6) is -3.20. The van der Waals surface area contributed by atoms with E-state index in [9.17, 15) is 27.2 Å². The highest BCUT2D eigenvalue weighted by atomic mass is 19.4. The van der Waals surface area contributed by atoms with Gasteiger partial charge in [0.25, 0.3) is 5.66 Å². The summed E-state index contributed by atoms with van der Waals surface area (Å²) in [7, 11) is 0. The Hall–Kier alpha value is -2.16. The van der Waals surface area contributed by atoms with Gasteiger partial charge in [-0.2, -0.15) is 13.2 Å². The molecule has 1 rings (SSSR count). The van der Waals surface area contributed by atoms with Gasteiger partial charge in [-0.3, -0.25) is 10.1 Å². The average Bonchev–Trinajstić information content (AvgIpc) is 2.51. The molecule has 24 heavy (non-hydrogen) atoms. The third-order valence-electron chi connectivity index (χ3n) is 3.13. The fourth-order valence-corrected chi connectivity index (χ4v) is 1.83. The first kappa shape index (κ1) is 19.9. The van der Waals surface area contributed by atoms with Gasteiger partial charge in [-0.15, -0.1) is 0 Å². The van der Waals surface area contributed by atoms with Gasteiger partial charge in [0.05, 0.1) is 6.61 Å². The molecule has 1 aromatic rings. The maximum atomic E-state index is 13.6. The molecule has 9 heteroatoms. The molecule has 0 radical (unpaired) electrons. The van der Waals surface area contributed by atoms with E-state index in [1.807, 2.05) is 5.32 Å². The van der Waals surface area contributed by atoms with E-state index in [4.69, 9.17) is 0 Å². The normalized spacial score (nSPS) is 13.9. The molecular weight excluding hydrogens is 332 g/mol. The van der Waals surface area contributed by atoms with E-state index in [1.54, 1.807) is 5.32 Å². The van der Waals surface area contributed by atoms with Crippen molar-refractivity contribution in [2.24, 2.45) is 0 Å². The molecule has 0 aliphatic rings. The summed E-state index contributed by atoms with van der Waals surface area (Å²) in [6.45, 7) is 1.96. The number of carbonyl (C=O) groups excluding carboxylic acids is 2. The Morgan fingerprint density at radius 3 is 2.17 bits per heavy atom. The number of benzene rings is 1. The summed E-state index contributed by atoms with van der Waals surface area (Å²) in [4.78, 5) is 23.5. The molecule has 5 nitrogen and oxygen atoms in total. The smallest absolute Gasteiger partial charge is 0.436 e. The van der Waals surface area contributed by atoms with Crippen LogP contribution in [0.2, 0.25) is 0 Å². The van der Waals surface area contributed by atoms with E-state index in [-0.39, 0.29) is 13.0 Å². The van der Waals surface area contributed by atoms with Crippen molar-refractivity contribution < 1.29 is 31.9 Å². The van der Waals surface area contributed by atoms with Crippen LogP contribution in [0, 0.1) is 5.82 Å². The number of esters is 1. The van der Waals surface area contributed by atoms with Gasteiger partial charge < -0.3 is 10.1 Å². The minimum Gasteiger partial charge on any atom is -0.463 e. The van der Waals surface area contributed by atoms with Crippen molar-refractivity contribution in [1.29, 1.82) is 0 Å². The molecule has 1 aromatic carbocycles. The third-order valence-corrected chi connectivity index (χ3v) is 3.13. The predicted molar refractivity (Wildman–Crippen MR) is 77.1 cm³/mol. The molecule has 0 fully saturated rings. The molecule has 1 atom stereocenters. The molecule has 0 heterocycles. The van der Waals surface area contributed by atoms with Crippen LogP contribution in [0.3, 0.4) is 0 Å². The van der Waals surface area contributed by atoms with Crippen LogP contribution in [0.4, 0.5) is 17.6 Å². The van der Waals surface area contributed by atoms with E-state index in [2.05, 4.69) is 4.74 Å². The van der Waals surface area contributed by atoms with Crippen molar-refractivity contribution in [3.63, 3.8) is 0 Å². The number of alkyl halides is 3. The number of hydrogen-bond donors (Lipinski definition) is 2. The van der Waals surface area contributed by atoms with Crippen molar-refractivity contribution in [2.75, 3.05) is 6.61 Å². The van der Waals surface area contributed by atoms with Gasteiger partial charge in [0, 0.05) is 13.0 Å². The number of carbonyl (C=O) groups is 2. The highest BCUT2D eigenvalue weighted by Gasteiger charge is 2.62. The van der Waals surface area contributed by atoms with Crippen LogP contribution in [-0.4, -0.2) is 30.3 Å². The molecular formula is C15H18F4N2O3. The Kier molecular flexibility index (Phi) is 6.70. The minimum atomic E-state index is -5.15. The Labute approximate surface area is 136 Å². The van der Waals surface area contributed by atoms with Crippen molar-refractivity contribution in [1.82, 2.24) is 10.6 Å². The highest BCUT2D eigenvalue weighted by Crippen LogP contribution is 2.30. The summed E-state index contributed by atoms with van der Waals surface area (Å²) < 4.78 is 58.1.